The highest BCUT2D eigenvalue weighted by Gasteiger charge is 2.26. The van der Waals surface area contributed by atoms with E-state index >= 15 is 0 Å². The van der Waals surface area contributed by atoms with Crippen LogP contribution >= 0.6 is 11.6 Å². The van der Waals surface area contributed by atoms with Crippen molar-refractivity contribution < 1.29 is 8.42 Å². The molecule has 2 N–H and O–H groups in total. The number of nitrogens with zero attached hydrogens (tertiary/aromatic N) is 1. The lowest BCUT2D eigenvalue weighted by Crippen LogP contribution is -2.38. The fourth-order valence-corrected chi connectivity index (χ4v) is 3.84. The van der Waals surface area contributed by atoms with Gasteiger partial charge in [-0.25, -0.2) is 18.1 Å². The monoisotopic (exact) mass is 291 g/mol. The van der Waals surface area contributed by atoms with Gasteiger partial charge in [-0.15, -0.1) is 11.6 Å². The molecule has 18 heavy (non-hydrogen) atoms. The third kappa shape index (κ3) is 3.24. The highest BCUT2D eigenvalue weighted by Crippen LogP contribution is 2.26. The van der Waals surface area contributed by atoms with E-state index in [2.05, 4.69) is 14.7 Å². The second kappa shape index (κ2) is 5.59. The van der Waals surface area contributed by atoms with E-state index in [1.54, 1.807) is 6.92 Å². The van der Waals surface area contributed by atoms with Gasteiger partial charge in [0, 0.05) is 11.9 Å². The summed E-state index contributed by atoms with van der Waals surface area (Å²) in [5.41, 5.74) is 0. The largest absolute Gasteiger partial charge is 0.332 e. The van der Waals surface area contributed by atoms with Gasteiger partial charge in [0.1, 0.15) is 5.82 Å². The molecular formula is C11H18ClN3O2S. The summed E-state index contributed by atoms with van der Waals surface area (Å²) in [6.45, 7) is 1.73. The van der Waals surface area contributed by atoms with Crippen LogP contribution in [0.2, 0.25) is 0 Å². The topological polar surface area (TPSA) is 74.8 Å². The predicted octanol–water partition coefficient (Wildman–Crippen LogP) is 1.79. The summed E-state index contributed by atoms with van der Waals surface area (Å²) < 4.78 is 26.8. The maximum absolute atomic E-state index is 12.1. The number of aryl methyl sites for hydroxylation is 1. The first-order valence-corrected chi connectivity index (χ1v) is 8.13. The number of halogens is 1. The molecule has 1 fully saturated rings. The molecule has 0 saturated heterocycles. The Morgan fingerprint density at radius 2 is 2.11 bits per heavy atom. The van der Waals surface area contributed by atoms with Crippen LogP contribution in [0.3, 0.4) is 0 Å². The first-order valence-electron chi connectivity index (χ1n) is 6.11. The van der Waals surface area contributed by atoms with Gasteiger partial charge < -0.3 is 4.98 Å². The van der Waals surface area contributed by atoms with Crippen molar-refractivity contribution in [3.8, 4) is 0 Å². The molecule has 7 heteroatoms. The number of rotatable bonds is 4. The van der Waals surface area contributed by atoms with Gasteiger partial charge in [-0.05, 0) is 38.5 Å². The quantitative estimate of drug-likeness (QED) is 0.831. The van der Waals surface area contributed by atoms with Crippen molar-refractivity contribution in [2.75, 3.05) is 5.88 Å². The standard InChI is InChI=1S/C11H18ClN3O2S/c1-8-13-7-11(14-8)18(16,17)15-10-4-2-9(6-12)3-5-10/h7,9-10,15H,2-6H2,1H3,(H,13,14). The first-order chi connectivity index (χ1) is 8.51. The molecule has 0 bridgehead atoms. The second-order valence-corrected chi connectivity index (χ2v) is 6.82. The van der Waals surface area contributed by atoms with Crippen LogP contribution in [0, 0.1) is 12.8 Å². The molecule has 1 aliphatic rings. The van der Waals surface area contributed by atoms with Gasteiger partial charge in [-0.2, -0.15) is 0 Å². The lowest BCUT2D eigenvalue weighted by atomic mass is 9.88. The van der Waals surface area contributed by atoms with E-state index in [9.17, 15) is 8.42 Å². The molecule has 1 saturated carbocycles. The molecule has 102 valence electrons. The Bertz CT molecular complexity index is 492. The number of hydrogen-bond acceptors (Lipinski definition) is 3. The number of H-pyrrole nitrogens is 1. The minimum atomic E-state index is -3.46. The van der Waals surface area contributed by atoms with Crippen molar-refractivity contribution in [2.45, 2.75) is 43.7 Å². The summed E-state index contributed by atoms with van der Waals surface area (Å²) >= 11 is 5.81. The van der Waals surface area contributed by atoms with E-state index in [1.165, 1.54) is 6.20 Å². The fourth-order valence-electron chi connectivity index (χ4n) is 2.25. The molecule has 1 aromatic rings. The summed E-state index contributed by atoms with van der Waals surface area (Å²) in [5.74, 6) is 1.79. The van der Waals surface area contributed by atoms with Crippen molar-refractivity contribution in [1.29, 1.82) is 0 Å². The zero-order valence-electron chi connectivity index (χ0n) is 10.3. The van der Waals surface area contributed by atoms with Crippen LogP contribution in [0.15, 0.2) is 11.2 Å². The summed E-state index contributed by atoms with van der Waals surface area (Å²) in [5, 5.41) is 0.138. The van der Waals surface area contributed by atoms with Crippen molar-refractivity contribution in [3.63, 3.8) is 0 Å². The van der Waals surface area contributed by atoms with Crippen LogP contribution in [0.25, 0.3) is 0 Å². The molecular weight excluding hydrogens is 274 g/mol. The minimum absolute atomic E-state index is 0.0121. The Labute approximate surface area is 112 Å². The number of aromatic amines is 1. The van der Waals surface area contributed by atoms with E-state index < -0.39 is 10.0 Å². The summed E-state index contributed by atoms with van der Waals surface area (Å²) in [7, 11) is -3.46. The zero-order valence-corrected chi connectivity index (χ0v) is 11.9. The average Bonchev–Trinajstić information content (AvgIpc) is 2.77. The fraction of sp³-hybridized carbons (Fsp3) is 0.727. The Hall–Kier alpha value is -0.590. The SMILES string of the molecule is Cc1ncc(S(=O)(=O)NC2CCC(CCl)CC2)[nH]1. The van der Waals surface area contributed by atoms with Crippen molar-refractivity contribution in [3.05, 3.63) is 12.0 Å². The molecule has 1 aromatic heterocycles. The summed E-state index contributed by atoms with van der Waals surface area (Å²) in [6, 6.07) is 0.0121. The molecule has 2 rings (SSSR count). The molecule has 0 amide bonds. The van der Waals surface area contributed by atoms with Crippen LogP contribution in [-0.2, 0) is 10.0 Å². The Morgan fingerprint density at radius 1 is 1.44 bits per heavy atom. The number of nitrogens with one attached hydrogen (secondary N) is 2. The summed E-state index contributed by atoms with van der Waals surface area (Å²) in [4.78, 5) is 6.65. The molecule has 5 nitrogen and oxygen atoms in total. The second-order valence-electron chi connectivity index (χ2n) is 4.83. The average molecular weight is 292 g/mol. The van der Waals surface area contributed by atoms with Crippen molar-refractivity contribution in [2.24, 2.45) is 5.92 Å². The first kappa shape index (κ1) is 13.8. The number of sulfonamides is 1. The maximum Gasteiger partial charge on any atom is 0.257 e. The van der Waals surface area contributed by atoms with Gasteiger partial charge >= 0.3 is 0 Å². The predicted molar refractivity (Wildman–Crippen MR) is 70.1 cm³/mol. The highest BCUT2D eigenvalue weighted by molar-refractivity contribution is 7.89. The van der Waals surface area contributed by atoms with E-state index in [0.717, 1.165) is 25.7 Å². The number of aromatic nitrogens is 2. The molecule has 0 atom stereocenters. The number of hydrogen-bond donors (Lipinski definition) is 2. The van der Waals surface area contributed by atoms with E-state index in [1.807, 2.05) is 0 Å². The zero-order chi connectivity index (χ0) is 13.2. The van der Waals surface area contributed by atoms with Gasteiger partial charge in [0.25, 0.3) is 10.0 Å². The Balaban J connectivity index is 1.97. The minimum Gasteiger partial charge on any atom is -0.332 e. The summed E-state index contributed by atoms with van der Waals surface area (Å²) in [6.07, 6.45) is 5.02. The van der Waals surface area contributed by atoms with Crippen molar-refractivity contribution >= 4 is 21.6 Å². The molecule has 0 unspecified atom stereocenters. The number of alkyl halides is 1. The van der Waals surface area contributed by atoms with Crippen LogP contribution in [-0.4, -0.2) is 30.3 Å². The molecule has 1 heterocycles. The van der Waals surface area contributed by atoms with Gasteiger partial charge in [0.2, 0.25) is 0 Å². The van der Waals surface area contributed by atoms with Gasteiger partial charge in [0.15, 0.2) is 5.03 Å². The molecule has 0 radical (unpaired) electrons. The molecule has 0 aliphatic heterocycles. The lowest BCUT2D eigenvalue weighted by molar-refractivity contribution is 0.334. The van der Waals surface area contributed by atoms with Gasteiger partial charge in [0.05, 0.1) is 6.20 Å². The highest BCUT2D eigenvalue weighted by atomic mass is 35.5. The van der Waals surface area contributed by atoms with E-state index in [4.69, 9.17) is 11.6 Å². The smallest absolute Gasteiger partial charge is 0.257 e. The van der Waals surface area contributed by atoms with E-state index in [0.29, 0.717) is 17.6 Å². The van der Waals surface area contributed by atoms with Crippen LogP contribution in [0.4, 0.5) is 0 Å². The van der Waals surface area contributed by atoms with Crippen LogP contribution in [0.1, 0.15) is 31.5 Å². The molecule has 0 spiro atoms. The van der Waals surface area contributed by atoms with Gasteiger partial charge in [-0.3, -0.25) is 0 Å². The van der Waals surface area contributed by atoms with E-state index in [-0.39, 0.29) is 11.1 Å². The van der Waals surface area contributed by atoms with Crippen molar-refractivity contribution in [1.82, 2.24) is 14.7 Å². The van der Waals surface area contributed by atoms with Crippen LogP contribution in [0.5, 0.6) is 0 Å². The third-order valence-electron chi connectivity index (χ3n) is 3.36. The lowest BCUT2D eigenvalue weighted by Gasteiger charge is -2.27. The third-order valence-corrected chi connectivity index (χ3v) is 5.22. The molecule has 0 aromatic carbocycles. The Morgan fingerprint density at radius 3 is 2.61 bits per heavy atom. The maximum atomic E-state index is 12.1. The number of imidazole rings is 1. The Kier molecular flexibility index (Phi) is 4.29. The van der Waals surface area contributed by atoms with Gasteiger partial charge in [-0.1, -0.05) is 0 Å². The van der Waals surface area contributed by atoms with Crippen LogP contribution < -0.4 is 4.72 Å². The normalized spacial score (nSPS) is 25.2. The molecule has 1 aliphatic carbocycles.